The van der Waals surface area contributed by atoms with Crippen molar-refractivity contribution in [3.05, 3.63) is 53.9 Å². The fourth-order valence-corrected chi connectivity index (χ4v) is 1.81. The van der Waals surface area contributed by atoms with Crippen molar-refractivity contribution in [1.82, 2.24) is 4.98 Å². The van der Waals surface area contributed by atoms with Gasteiger partial charge < -0.3 is 10.1 Å². The fourth-order valence-electron chi connectivity index (χ4n) is 1.81. The summed E-state index contributed by atoms with van der Waals surface area (Å²) in [7, 11) is 0. The van der Waals surface area contributed by atoms with Gasteiger partial charge in [-0.05, 0) is 56.7 Å². The van der Waals surface area contributed by atoms with Crippen molar-refractivity contribution in [2.24, 2.45) is 0 Å². The van der Waals surface area contributed by atoms with E-state index in [9.17, 15) is 4.79 Å². The molecule has 0 bridgehead atoms. The van der Waals surface area contributed by atoms with Crippen molar-refractivity contribution in [2.75, 3.05) is 5.32 Å². The summed E-state index contributed by atoms with van der Waals surface area (Å²) in [5.74, 6) is 0.661. The van der Waals surface area contributed by atoms with Gasteiger partial charge in [0.05, 0.1) is 11.7 Å². The summed E-state index contributed by atoms with van der Waals surface area (Å²) in [4.78, 5) is 15.9. The Morgan fingerprint density at radius 1 is 1.30 bits per heavy atom. The van der Waals surface area contributed by atoms with Crippen LogP contribution in [-0.4, -0.2) is 17.0 Å². The van der Waals surface area contributed by atoms with Gasteiger partial charge in [-0.3, -0.25) is 9.78 Å². The second-order valence-electron chi connectivity index (χ2n) is 4.84. The van der Waals surface area contributed by atoms with Gasteiger partial charge in [-0.15, -0.1) is 0 Å². The molecule has 2 rings (SSSR count). The molecule has 4 nitrogen and oxygen atoms in total. The molecule has 0 spiro atoms. The SMILES string of the molecule is Cc1cc(NC(=O)c2cccnc2)ccc1OC(C)C. The summed E-state index contributed by atoms with van der Waals surface area (Å²) >= 11 is 0. The fraction of sp³-hybridized carbons (Fsp3) is 0.250. The smallest absolute Gasteiger partial charge is 0.257 e. The number of hydrogen-bond acceptors (Lipinski definition) is 3. The van der Waals surface area contributed by atoms with Crippen molar-refractivity contribution < 1.29 is 9.53 Å². The third-order valence-electron chi connectivity index (χ3n) is 2.72. The zero-order valence-electron chi connectivity index (χ0n) is 11.9. The molecular weight excluding hydrogens is 252 g/mol. The van der Waals surface area contributed by atoms with Crippen molar-refractivity contribution in [1.29, 1.82) is 0 Å². The summed E-state index contributed by atoms with van der Waals surface area (Å²) in [6, 6.07) is 9.06. The van der Waals surface area contributed by atoms with E-state index in [1.807, 2.05) is 39.0 Å². The maximum atomic E-state index is 12.0. The molecule has 20 heavy (non-hydrogen) atoms. The number of carbonyl (C=O) groups excluding carboxylic acids is 1. The summed E-state index contributed by atoms with van der Waals surface area (Å²) < 4.78 is 5.67. The minimum Gasteiger partial charge on any atom is -0.491 e. The van der Waals surface area contributed by atoms with E-state index in [0.717, 1.165) is 17.0 Å². The maximum absolute atomic E-state index is 12.0. The Bertz CT molecular complexity index is 595. The molecule has 1 heterocycles. The van der Waals surface area contributed by atoms with Crippen LogP contribution in [0.4, 0.5) is 5.69 Å². The molecule has 4 heteroatoms. The number of nitrogens with zero attached hydrogens (tertiary/aromatic N) is 1. The van der Waals surface area contributed by atoms with E-state index in [4.69, 9.17) is 4.74 Å². The van der Waals surface area contributed by atoms with Gasteiger partial charge in [0.25, 0.3) is 5.91 Å². The minimum absolute atomic E-state index is 0.129. The molecule has 0 aliphatic carbocycles. The van der Waals surface area contributed by atoms with E-state index in [2.05, 4.69) is 10.3 Å². The van der Waals surface area contributed by atoms with Crippen molar-refractivity contribution in [3.8, 4) is 5.75 Å². The topological polar surface area (TPSA) is 51.2 Å². The largest absolute Gasteiger partial charge is 0.491 e. The van der Waals surface area contributed by atoms with Gasteiger partial charge in [0, 0.05) is 18.1 Å². The zero-order chi connectivity index (χ0) is 14.5. The number of carbonyl (C=O) groups is 1. The van der Waals surface area contributed by atoms with Crippen LogP contribution in [0, 0.1) is 6.92 Å². The molecule has 1 aromatic heterocycles. The maximum Gasteiger partial charge on any atom is 0.257 e. The van der Waals surface area contributed by atoms with Gasteiger partial charge >= 0.3 is 0 Å². The van der Waals surface area contributed by atoms with E-state index in [1.54, 1.807) is 24.5 Å². The van der Waals surface area contributed by atoms with E-state index < -0.39 is 0 Å². The molecule has 0 aliphatic heterocycles. The van der Waals surface area contributed by atoms with E-state index in [-0.39, 0.29) is 12.0 Å². The molecule has 0 saturated heterocycles. The Balaban J connectivity index is 2.11. The minimum atomic E-state index is -0.171. The number of amides is 1. The first kappa shape index (κ1) is 14.1. The summed E-state index contributed by atoms with van der Waals surface area (Å²) in [5.41, 5.74) is 2.27. The number of aromatic nitrogens is 1. The van der Waals surface area contributed by atoms with Crippen LogP contribution in [-0.2, 0) is 0 Å². The monoisotopic (exact) mass is 270 g/mol. The van der Waals surface area contributed by atoms with E-state index >= 15 is 0 Å². The van der Waals surface area contributed by atoms with Gasteiger partial charge in [0.1, 0.15) is 5.75 Å². The molecule has 0 aliphatic rings. The lowest BCUT2D eigenvalue weighted by molar-refractivity contribution is 0.102. The molecule has 1 N–H and O–H groups in total. The Morgan fingerprint density at radius 2 is 2.10 bits per heavy atom. The lowest BCUT2D eigenvalue weighted by atomic mass is 10.2. The molecule has 0 atom stereocenters. The molecule has 1 amide bonds. The molecule has 104 valence electrons. The zero-order valence-corrected chi connectivity index (χ0v) is 11.9. The second kappa shape index (κ2) is 6.19. The number of nitrogens with one attached hydrogen (secondary N) is 1. The van der Waals surface area contributed by atoms with Crippen LogP contribution in [0.25, 0.3) is 0 Å². The van der Waals surface area contributed by atoms with Crippen LogP contribution in [0.15, 0.2) is 42.7 Å². The number of benzene rings is 1. The highest BCUT2D eigenvalue weighted by atomic mass is 16.5. The average Bonchev–Trinajstić information content (AvgIpc) is 2.42. The highest BCUT2D eigenvalue weighted by Gasteiger charge is 2.08. The van der Waals surface area contributed by atoms with Crippen LogP contribution >= 0.6 is 0 Å². The third-order valence-corrected chi connectivity index (χ3v) is 2.72. The van der Waals surface area contributed by atoms with Crippen LogP contribution in [0.2, 0.25) is 0 Å². The number of hydrogen-bond donors (Lipinski definition) is 1. The Morgan fingerprint density at radius 3 is 2.70 bits per heavy atom. The first-order valence-corrected chi connectivity index (χ1v) is 6.55. The Labute approximate surface area is 118 Å². The molecule has 1 aromatic carbocycles. The normalized spacial score (nSPS) is 10.4. The Kier molecular flexibility index (Phi) is 4.35. The molecular formula is C16H18N2O2. The highest BCUT2D eigenvalue weighted by molar-refractivity contribution is 6.04. The lowest BCUT2D eigenvalue weighted by Gasteiger charge is -2.13. The molecule has 0 unspecified atom stereocenters. The van der Waals surface area contributed by atoms with Gasteiger partial charge in [-0.1, -0.05) is 0 Å². The summed E-state index contributed by atoms with van der Waals surface area (Å²) in [6.07, 6.45) is 3.31. The van der Waals surface area contributed by atoms with Crippen LogP contribution in [0.1, 0.15) is 29.8 Å². The van der Waals surface area contributed by atoms with Crippen molar-refractivity contribution >= 4 is 11.6 Å². The van der Waals surface area contributed by atoms with Gasteiger partial charge in [0.2, 0.25) is 0 Å². The van der Waals surface area contributed by atoms with E-state index in [0.29, 0.717) is 5.56 Å². The number of aryl methyl sites for hydroxylation is 1. The summed E-state index contributed by atoms with van der Waals surface area (Å²) in [6.45, 7) is 5.92. The predicted octanol–water partition coefficient (Wildman–Crippen LogP) is 3.43. The number of ether oxygens (including phenoxy) is 1. The van der Waals surface area contributed by atoms with Crippen molar-refractivity contribution in [3.63, 3.8) is 0 Å². The standard InChI is InChI=1S/C16H18N2O2/c1-11(2)20-15-7-6-14(9-12(15)3)18-16(19)13-5-4-8-17-10-13/h4-11H,1-3H3,(H,18,19). The van der Waals surface area contributed by atoms with Gasteiger partial charge in [0.15, 0.2) is 0 Å². The number of rotatable bonds is 4. The number of anilines is 1. The third kappa shape index (κ3) is 3.57. The van der Waals surface area contributed by atoms with Crippen LogP contribution in [0.3, 0.4) is 0 Å². The summed E-state index contributed by atoms with van der Waals surface area (Å²) in [5, 5.41) is 2.85. The van der Waals surface area contributed by atoms with Gasteiger partial charge in [-0.2, -0.15) is 0 Å². The number of pyridine rings is 1. The quantitative estimate of drug-likeness (QED) is 0.926. The highest BCUT2D eigenvalue weighted by Crippen LogP contribution is 2.23. The predicted molar refractivity (Wildman–Crippen MR) is 79.1 cm³/mol. The van der Waals surface area contributed by atoms with Crippen molar-refractivity contribution in [2.45, 2.75) is 26.9 Å². The first-order chi connectivity index (χ1) is 9.56. The lowest BCUT2D eigenvalue weighted by Crippen LogP contribution is -2.12. The van der Waals surface area contributed by atoms with E-state index in [1.165, 1.54) is 0 Å². The Hall–Kier alpha value is -2.36. The molecule has 0 saturated carbocycles. The molecule has 2 aromatic rings. The first-order valence-electron chi connectivity index (χ1n) is 6.55. The molecule has 0 radical (unpaired) electrons. The van der Waals surface area contributed by atoms with Crippen LogP contribution < -0.4 is 10.1 Å². The average molecular weight is 270 g/mol. The van der Waals surface area contributed by atoms with Crippen LogP contribution in [0.5, 0.6) is 5.75 Å². The van der Waals surface area contributed by atoms with Gasteiger partial charge in [-0.25, -0.2) is 0 Å². The molecule has 0 fully saturated rings. The second-order valence-corrected chi connectivity index (χ2v) is 4.84.